The van der Waals surface area contributed by atoms with Crippen LogP contribution in [0.4, 0.5) is 11.8 Å². The van der Waals surface area contributed by atoms with E-state index in [4.69, 9.17) is 16.3 Å². The number of likely N-dealkylation sites (N-methyl/N-ethyl adjacent to an activating group) is 1. The summed E-state index contributed by atoms with van der Waals surface area (Å²) in [5.74, 6) is 1.34. The summed E-state index contributed by atoms with van der Waals surface area (Å²) in [7, 11) is 1.69. The van der Waals surface area contributed by atoms with Gasteiger partial charge in [-0.1, -0.05) is 11.6 Å². The maximum Gasteiger partial charge on any atom is 0.224 e. The number of anilines is 2. The molecule has 1 aromatic rings. The van der Waals surface area contributed by atoms with Crippen molar-refractivity contribution >= 4 is 23.4 Å². The summed E-state index contributed by atoms with van der Waals surface area (Å²) in [6.07, 6.45) is 1.63. The van der Waals surface area contributed by atoms with Crippen molar-refractivity contribution in [2.24, 2.45) is 0 Å². The maximum absolute atomic E-state index is 6.18. The van der Waals surface area contributed by atoms with Gasteiger partial charge in [-0.3, -0.25) is 0 Å². The number of methoxy groups -OCH3 is 1. The summed E-state index contributed by atoms with van der Waals surface area (Å²) in [5.41, 5.74) is 0. The molecule has 0 amide bonds. The van der Waals surface area contributed by atoms with Gasteiger partial charge in [-0.2, -0.15) is 4.98 Å². The molecule has 0 aromatic carbocycles. The van der Waals surface area contributed by atoms with E-state index in [2.05, 4.69) is 34.0 Å². The number of aromatic nitrogens is 2. The lowest BCUT2D eigenvalue weighted by Gasteiger charge is -2.29. The first kappa shape index (κ1) is 15.0. The van der Waals surface area contributed by atoms with E-state index in [1.807, 2.05) is 6.92 Å². The zero-order valence-electron chi connectivity index (χ0n) is 11.4. The Kier molecular flexibility index (Phi) is 6.15. The van der Waals surface area contributed by atoms with Gasteiger partial charge in [-0.15, -0.1) is 0 Å². The van der Waals surface area contributed by atoms with E-state index in [1.165, 1.54) is 0 Å². The van der Waals surface area contributed by atoms with Crippen LogP contribution >= 0.6 is 11.6 Å². The summed E-state index contributed by atoms with van der Waals surface area (Å²) >= 11 is 6.18. The molecule has 0 aliphatic carbocycles. The second kappa shape index (κ2) is 7.38. The quantitative estimate of drug-likeness (QED) is 0.826. The molecule has 102 valence electrons. The Hall–Kier alpha value is -1.07. The molecule has 0 radical (unpaired) electrons. The predicted molar refractivity (Wildman–Crippen MR) is 75.6 cm³/mol. The molecule has 1 rings (SSSR count). The Morgan fingerprint density at radius 3 is 2.78 bits per heavy atom. The van der Waals surface area contributed by atoms with Gasteiger partial charge < -0.3 is 15.0 Å². The van der Waals surface area contributed by atoms with Crippen LogP contribution in [0.25, 0.3) is 0 Å². The molecule has 5 nitrogen and oxygen atoms in total. The average molecular weight is 273 g/mol. The number of hydrogen-bond donors (Lipinski definition) is 1. The van der Waals surface area contributed by atoms with Crippen molar-refractivity contribution in [1.82, 2.24) is 9.97 Å². The van der Waals surface area contributed by atoms with Crippen molar-refractivity contribution in [3.8, 4) is 0 Å². The Balaban J connectivity index is 2.99. The Labute approximate surface area is 114 Å². The molecule has 1 N–H and O–H groups in total. The van der Waals surface area contributed by atoms with Crippen molar-refractivity contribution in [2.45, 2.75) is 26.8 Å². The van der Waals surface area contributed by atoms with E-state index < -0.39 is 0 Å². The monoisotopic (exact) mass is 272 g/mol. The summed E-state index contributed by atoms with van der Waals surface area (Å²) in [6.45, 7) is 8.37. The van der Waals surface area contributed by atoms with Gasteiger partial charge in [0.15, 0.2) is 5.82 Å². The molecule has 0 bridgehead atoms. The van der Waals surface area contributed by atoms with Crippen LogP contribution in [0.3, 0.4) is 0 Å². The summed E-state index contributed by atoms with van der Waals surface area (Å²) in [6, 6.07) is 0.210. The van der Waals surface area contributed by atoms with E-state index in [0.717, 1.165) is 18.9 Å². The lowest BCUT2D eigenvalue weighted by Crippen LogP contribution is -2.37. The minimum absolute atomic E-state index is 0.210. The zero-order valence-corrected chi connectivity index (χ0v) is 12.2. The Morgan fingerprint density at radius 2 is 2.22 bits per heavy atom. The fraction of sp³-hybridized carbons (Fsp3) is 0.667. The van der Waals surface area contributed by atoms with Crippen molar-refractivity contribution in [2.75, 3.05) is 37.0 Å². The highest BCUT2D eigenvalue weighted by atomic mass is 35.5. The van der Waals surface area contributed by atoms with Crippen molar-refractivity contribution < 1.29 is 4.74 Å². The van der Waals surface area contributed by atoms with Crippen LogP contribution in [-0.4, -0.2) is 42.8 Å². The molecule has 0 fully saturated rings. The van der Waals surface area contributed by atoms with Crippen LogP contribution in [0, 0.1) is 0 Å². The standard InChI is InChI=1S/C12H21ClN4O/c1-5-14-12-15-7-10(13)11(16-12)17(6-2)9(3)8-18-4/h7,9H,5-6,8H2,1-4H3,(H,14,15,16). The first-order valence-corrected chi connectivity index (χ1v) is 6.53. The van der Waals surface area contributed by atoms with Gasteiger partial charge >= 0.3 is 0 Å². The molecule has 0 saturated heterocycles. The first-order chi connectivity index (χ1) is 8.63. The van der Waals surface area contributed by atoms with Crippen LogP contribution in [0.15, 0.2) is 6.20 Å². The largest absolute Gasteiger partial charge is 0.383 e. The van der Waals surface area contributed by atoms with Gasteiger partial charge in [0.25, 0.3) is 0 Å². The van der Waals surface area contributed by atoms with Gasteiger partial charge in [0.1, 0.15) is 5.02 Å². The van der Waals surface area contributed by atoms with Crippen molar-refractivity contribution in [1.29, 1.82) is 0 Å². The third kappa shape index (κ3) is 3.71. The second-order valence-electron chi connectivity index (χ2n) is 3.99. The molecule has 1 heterocycles. The van der Waals surface area contributed by atoms with E-state index in [-0.39, 0.29) is 6.04 Å². The summed E-state index contributed by atoms with van der Waals surface area (Å²) in [5, 5.41) is 3.64. The number of ether oxygens (including phenoxy) is 1. The zero-order chi connectivity index (χ0) is 13.5. The fourth-order valence-electron chi connectivity index (χ4n) is 1.80. The van der Waals surface area contributed by atoms with Gasteiger partial charge in [-0.25, -0.2) is 4.98 Å². The highest BCUT2D eigenvalue weighted by Crippen LogP contribution is 2.25. The Bertz CT molecular complexity index is 375. The van der Waals surface area contributed by atoms with Gasteiger partial charge in [0, 0.05) is 20.2 Å². The minimum Gasteiger partial charge on any atom is -0.383 e. The minimum atomic E-state index is 0.210. The molecule has 0 saturated carbocycles. The topological polar surface area (TPSA) is 50.3 Å². The van der Waals surface area contributed by atoms with Crippen LogP contribution in [0.2, 0.25) is 5.02 Å². The Morgan fingerprint density at radius 1 is 1.50 bits per heavy atom. The maximum atomic E-state index is 6.18. The third-order valence-corrected chi connectivity index (χ3v) is 2.88. The van der Waals surface area contributed by atoms with Gasteiger partial charge in [0.05, 0.1) is 18.8 Å². The number of nitrogens with zero attached hydrogens (tertiary/aromatic N) is 3. The van der Waals surface area contributed by atoms with E-state index in [9.17, 15) is 0 Å². The SMILES string of the molecule is CCNc1ncc(Cl)c(N(CC)C(C)COC)n1. The molecule has 0 aliphatic rings. The summed E-state index contributed by atoms with van der Waals surface area (Å²) < 4.78 is 5.18. The third-order valence-electron chi connectivity index (χ3n) is 2.61. The van der Waals surface area contributed by atoms with E-state index in [0.29, 0.717) is 17.6 Å². The molecular formula is C12H21ClN4O. The first-order valence-electron chi connectivity index (χ1n) is 6.15. The highest BCUT2D eigenvalue weighted by molar-refractivity contribution is 6.32. The summed E-state index contributed by atoms with van der Waals surface area (Å²) in [4.78, 5) is 10.7. The van der Waals surface area contributed by atoms with Crippen LogP contribution in [-0.2, 0) is 4.74 Å². The average Bonchev–Trinajstić information content (AvgIpc) is 2.34. The number of nitrogens with one attached hydrogen (secondary N) is 1. The normalized spacial score (nSPS) is 12.3. The molecule has 18 heavy (non-hydrogen) atoms. The predicted octanol–water partition coefficient (Wildman–Crippen LogP) is 2.42. The molecular weight excluding hydrogens is 252 g/mol. The fourth-order valence-corrected chi connectivity index (χ4v) is 2.00. The smallest absolute Gasteiger partial charge is 0.224 e. The van der Waals surface area contributed by atoms with Gasteiger partial charge in [-0.05, 0) is 20.8 Å². The molecule has 1 atom stereocenters. The van der Waals surface area contributed by atoms with Crippen molar-refractivity contribution in [3.05, 3.63) is 11.2 Å². The lowest BCUT2D eigenvalue weighted by atomic mass is 10.3. The van der Waals surface area contributed by atoms with Crippen LogP contribution in [0.1, 0.15) is 20.8 Å². The van der Waals surface area contributed by atoms with E-state index >= 15 is 0 Å². The highest BCUT2D eigenvalue weighted by Gasteiger charge is 2.17. The molecule has 0 spiro atoms. The van der Waals surface area contributed by atoms with E-state index in [1.54, 1.807) is 13.3 Å². The number of rotatable bonds is 7. The molecule has 1 unspecified atom stereocenters. The molecule has 1 aromatic heterocycles. The van der Waals surface area contributed by atoms with Crippen molar-refractivity contribution in [3.63, 3.8) is 0 Å². The number of hydrogen-bond acceptors (Lipinski definition) is 5. The van der Waals surface area contributed by atoms with Gasteiger partial charge in [0.2, 0.25) is 5.95 Å². The lowest BCUT2D eigenvalue weighted by molar-refractivity contribution is 0.181. The molecule has 6 heteroatoms. The number of halogens is 1. The molecule has 0 aliphatic heterocycles. The second-order valence-corrected chi connectivity index (χ2v) is 4.39. The van der Waals surface area contributed by atoms with Crippen LogP contribution < -0.4 is 10.2 Å². The van der Waals surface area contributed by atoms with Crippen LogP contribution in [0.5, 0.6) is 0 Å².